The monoisotopic (exact) mass is 423 g/mol. The Morgan fingerprint density at radius 3 is 2.55 bits per heavy atom. The van der Waals surface area contributed by atoms with Crippen LogP contribution in [-0.4, -0.2) is 49.6 Å². The van der Waals surface area contributed by atoms with Crippen molar-refractivity contribution in [3.05, 3.63) is 17.8 Å². The summed E-state index contributed by atoms with van der Waals surface area (Å²) in [5, 5.41) is 6.48. The molecule has 0 aromatic carbocycles. The van der Waals surface area contributed by atoms with E-state index in [1.165, 1.54) is 0 Å². The molecule has 0 saturated carbocycles. The fourth-order valence-electron chi connectivity index (χ4n) is 1.64. The molecular formula is C15H30IN5O. The Morgan fingerprint density at radius 2 is 2.05 bits per heavy atom. The predicted molar refractivity (Wildman–Crippen MR) is 102 cm³/mol. The smallest absolute Gasteiger partial charge is 0.213 e. The molecule has 0 aliphatic rings. The molecule has 0 unspecified atom stereocenters. The molecule has 0 spiro atoms. The second kappa shape index (κ2) is 10.0. The number of rotatable bonds is 6. The van der Waals surface area contributed by atoms with Crippen molar-refractivity contribution in [3.63, 3.8) is 0 Å². The molecule has 22 heavy (non-hydrogen) atoms. The van der Waals surface area contributed by atoms with E-state index in [9.17, 15) is 0 Å². The molecule has 0 bridgehead atoms. The number of nitrogens with zero attached hydrogens (tertiary/aromatic N) is 3. The van der Waals surface area contributed by atoms with Gasteiger partial charge in [-0.3, -0.25) is 4.99 Å². The highest BCUT2D eigenvalue weighted by molar-refractivity contribution is 14.0. The van der Waals surface area contributed by atoms with Crippen molar-refractivity contribution in [2.45, 2.75) is 39.7 Å². The van der Waals surface area contributed by atoms with E-state index in [1.807, 2.05) is 0 Å². The highest BCUT2D eigenvalue weighted by Crippen LogP contribution is 2.22. The third-order valence-corrected chi connectivity index (χ3v) is 3.25. The van der Waals surface area contributed by atoms with Gasteiger partial charge in [-0.25, -0.2) is 4.98 Å². The number of hydrogen-bond donors (Lipinski definition) is 2. The van der Waals surface area contributed by atoms with Gasteiger partial charge in [0.2, 0.25) is 5.89 Å². The maximum atomic E-state index is 5.74. The number of nitrogens with one attached hydrogen (secondary N) is 2. The van der Waals surface area contributed by atoms with Crippen molar-refractivity contribution in [1.29, 1.82) is 0 Å². The van der Waals surface area contributed by atoms with Crippen molar-refractivity contribution in [3.8, 4) is 0 Å². The number of oxazole rings is 1. The van der Waals surface area contributed by atoms with Crippen LogP contribution in [-0.2, 0) is 12.0 Å². The van der Waals surface area contributed by atoms with Crippen LogP contribution in [0.25, 0.3) is 0 Å². The zero-order valence-corrected chi connectivity index (χ0v) is 16.9. The van der Waals surface area contributed by atoms with Gasteiger partial charge in [-0.1, -0.05) is 27.7 Å². The molecule has 1 rings (SSSR count). The first-order chi connectivity index (χ1) is 9.86. The van der Waals surface area contributed by atoms with Crippen LogP contribution in [0.15, 0.2) is 15.6 Å². The molecule has 0 aliphatic carbocycles. The largest absolute Gasteiger partial charge is 0.443 e. The average molecular weight is 423 g/mol. The molecule has 0 aliphatic heterocycles. The highest BCUT2D eigenvalue weighted by Gasteiger charge is 2.19. The van der Waals surface area contributed by atoms with Crippen molar-refractivity contribution >= 4 is 29.9 Å². The van der Waals surface area contributed by atoms with Crippen molar-refractivity contribution < 1.29 is 4.42 Å². The maximum Gasteiger partial charge on any atom is 0.213 e. The minimum absolute atomic E-state index is 0. The number of likely N-dealkylation sites (N-methyl/N-ethyl adjacent to an activating group) is 1. The van der Waals surface area contributed by atoms with E-state index >= 15 is 0 Å². The second-order valence-corrected chi connectivity index (χ2v) is 6.12. The lowest BCUT2D eigenvalue weighted by molar-refractivity contribution is 0.356. The quantitative estimate of drug-likeness (QED) is 0.417. The molecule has 1 aromatic heterocycles. The van der Waals surface area contributed by atoms with E-state index in [2.05, 4.69) is 60.3 Å². The van der Waals surface area contributed by atoms with E-state index in [0.717, 1.165) is 31.4 Å². The lowest BCUT2D eigenvalue weighted by atomic mass is 9.94. The fraction of sp³-hybridized carbons (Fsp3) is 0.733. The average Bonchev–Trinajstić information content (AvgIpc) is 2.91. The summed E-state index contributed by atoms with van der Waals surface area (Å²) in [4.78, 5) is 10.7. The first-order valence-electron chi connectivity index (χ1n) is 7.45. The zero-order valence-electron chi connectivity index (χ0n) is 14.6. The molecule has 0 atom stereocenters. The predicted octanol–water partition coefficient (Wildman–Crippen LogP) is 2.21. The fourth-order valence-corrected chi connectivity index (χ4v) is 1.64. The van der Waals surface area contributed by atoms with E-state index in [1.54, 1.807) is 13.2 Å². The standard InChI is InChI=1S/C15H29N5O.HI/c1-7-20(6)9-8-17-14(16-5)19-11-13-18-10-12(21-13)15(2,3)4;/h10H,7-9,11H2,1-6H3,(H2,16,17,19);1H. The first-order valence-corrected chi connectivity index (χ1v) is 7.45. The number of aliphatic imine (C=N–C) groups is 1. The Balaban J connectivity index is 0.00000441. The van der Waals surface area contributed by atoms with Gasteiger partial charge < -0.3 is 20.0 Å². The van der Waals surface area contributed by atoms with Gasteiger partial charge in [-0.2, -0.15) is 0 Å². The summed E-state index contributed by atoms with van der Waals surface area (Å²) in [7, 11) is 3.85. The van der Waals surface area contributed by atoms with E-state index in [-0.39, 0.29) is 29.4 Å². The Bertz CT molecular complexity index is 453. The zero-order chi connectivity index (χ0) is 15.9. The van der Waals surface area contributed by atoms with Crippen LogP contribution in [0.4, 0.5) is 0 Å². The Morgan fingerprint density at radius 1 is 1.36 bits per heavy atom. The van der Waals surface area contributed by atoms with Gasteiger partial charge in [-0.15, -0.1) is 24.0 Å². The highest BCUT2D eigenvalue weighted by atomic mass is 127. The van der Waals surface area contributed by atoms with Crippen LogP contribution >= 0.6 is 24.0 Å². The van der Waals surface area contributed by atoms with Crippen LogP contribution in [0.2, 0.25) is 0 Å². The summed E-state index contributed by atoms with van der Waals surface area (Å²) in [5.41, 5.74) is -0.0179. The Hall–Kier alpha value is -0.830. The van der Waals surface area contributed by atoms with Crippen LogP contribution in [0, 0.1) is 0 Å². The molecule has 2 N–H and O–H groups in total. The number of halogens is 1. The number of guanidine groups is 1. The summed E-state index contributed by atoms with van der Waals surface area (Å²) < 4.78 is 5.74. The molecule has 0 amide bonds. The first kappa shape index (κ1) is 21.2. The van der Waals surface area contributed by atoms with Crippen molar-refractivity contribution in [2.75, 3.05) is 33.7 Å². The SMILES string of the molecule is CCN(C)CCNC(=NC)NCc1ncc(C(C)(C)C)o1.I. The Kier molecular flexibility index (Phi) is 9.66. The summed E-state index contributed by atoms with van der Waals surface area (Å²) in [6, 6.07) is 0. The van der Waals surface area contributed by atoms with E-state index < -0.39 is 0 Å². The van der Waals surface area contributed by atoms with Gasteiger partial charge in [0.05, 0.1) is 12.7 Å². The van der Waals surface area contributed by atoms with Gasteiger partial charge >= 0.3 is 0 Å². The normalized spacial score (nSPS) is 12.2. The lowest BCUT2D eigenvalue weighted by Gasteiger charge is -2.16. The summed E-state index contributed by atoms with van der Waals surface area (Å²) in [6.45, 7) is 11.9. The van der Waals surface area contributed by atoms with Crippen molar-refractivity contribution in [2.24, 2.45) is 4.99 Å². The minimum atomic E-state index is -0.0179. The van der Waals surface area contributed by atoms with Gasteiger partial charge in [0, 0.05) is 25.6 Å². The number of hydrogen-bond acceptors (Lipinski definition) is 4. The summed E-state index contributed by atoms with van der Waals surface area (Å²) in [6.07, 6.45) is 1.80. The van der Waals surface area contributed by atoms with Crippen LogP contribution < -0.4 is 10.6 Å². The van der Waals surface area contributed by atoms with E-state index in [0.29, 0.717) is 12.4 Å². The lowest BCUT2D eigenvalue weighted by Crippen LogP contribution is -2.40. The van der Waals surface area contributed by atoms with Gasteiger partial charge in [-0.05, 0) is 13.6 Å². The molecule has 128 valence electrons. The molecule has 1 aromatic rings. The van der Waals surface area contributed by atoms with Crippen LogP contribution in [0.1, 0.15) is 39.3 Å². The molecule has 0 saturated heterocycles. The van der Waals surface area contributed by atoms with Gasteiger partial charge in [0.15, 0.2) is 5.96 Å². The second-order valence-electron chi connectivity index (χ2n) is 6.12. The molecular weight excluding hydrogens is 393 g/mol. The Labute approximate surface area is 151 Å². The molecule has 0 fully saturated rings. The molecule has 7 heteroatoms. The summed E-state index contributed by atoms with van der Waals surface area (Å²) >= 11 is 0. The molecule has 6 nitrogen and oxygen atoms in total. The maximum absolute atomic E-state index is 5.74. The topological polar surface area (TPSA) is 65.7 Å². The minimum Gasteiger partial charge on any atom is -0.443 e. The van der Waals surface area contributed by atoms with Crippen molar-refractivity contribution in [1.82, 2.24) is 20.5 Å². The number of aromatic nitrogens is 1. The molecule has 1 heterocycles. The van der Waals surface area contributed by atoms with Gasteiger partial charge in [0.25, 0.3) is 0 Å². The van der Waals surface area contributed by atoms with Crippen LogP contribution in [0.3, 0.4) is 0 Å². The van der Waals surface area contributed by atoms with E-state index in [4.69, 9.17) is 4.42 Å². The third kappa shape index (κ3) is 7.44. The van der Waals surface area contributed by atoms with Gasteiger partial charge in [0.1, 0.15) is 5.76 Å². The van der Waals surface area contributed by atoms with Crippen LogP contribution in [0.5, 0.6) is 0 Å². The molecule has 0 radical (unpaired) electrons. The third-order valence-electron chi connectivity index (χ3n) is 3.25. The summed E-state index contributed by atoms with van der Waals surface area (Å²) in [5.74, 6) is 2.33.